The SMILES string of the molecule is COC(C)COCOc1cccc2nc3ccccc3c(C(=O)Oc3ccc(C(=O)OCc4ccccc4)cc3C)c12. The number of fused-ring (bicyclic) bond motifs is 2. The third kappa shape index (κ3) is 6.57. The fourth-order valence-electron chi connectivity index (χ4n) is 4.48. The molecule has 0 saturated heterocycles. The molecule has 1 heterocycles. The van der Waals surface area contributed by atoms with E-state index < -0.39 is 11.9 Å². The first-order valence-corrected chi connectivity index (χ1v) is 13.5. The molecule has 0 bridgehead atoms. The van der Waals surface area contributed by atoms with Crippen molar-refractivity contribution in [3.63, 3.8) is 0 Å². The Morgan fingerprint density at radius 1 is 0.833 bits per heavy atom. The highest BCUT2D eigenvalue weighted by Crippen LogP contribution is 2.34. The van der Waals surface area contributed by atoms with Crippen LogP contribution in [0.4, 0.5) is 0 Å². The highest BCUT2D eigenvalue weighted by molar-refractivity contribution is 6.16. The van der Waals surface area contributed by atoms with Gasteiger partial charge in [-0.05, 0) is 61.4 Å². The fraction of sp³-hybridized carbons (Fsp3) is 0.206. The molecular formula is C34H31NO7. The van der Waals surface area contributed by atoms with Crippen LogP contribution < -0.4 is 9.47 Å². The van der Waals surface area contributed by atoms with E-state index in [0.717, 1.165) is 5.56 Å². The van der Waals surface area contributed by atoms with Crippen molar-refractivity contribution < 1.29 is 33.3 Å². The van der Waals surface area contributed by atoms with Gasteiger partial charge < -0.3 is 23.7 Å². The maximum Gasteiger partial charge on any atom is 0.345 e. The number of carbonyl (C=O) groups is 2. The molecule has 42 heavy (non-hydrogen) atoms. The van der Waals surface area contributed by atoms with Crippen LogP contribution in [-0.2, 0) is 20.8 Å². The predicted molar refractivity (Wildman–Crippen MR) is 159 cm³/mol. The molecule has 214 valence electrons. The van der Waals surface area contributed by atoms with Crippen molar-refractivity contribution in [3.8, 4) is 11.5 Å². The van der Waals surface area contributed by atoms with Crippen molar-refractivity contribution >= 4 is 33.7 Å². The summed E-state index contributed by atoms with van der Waals surface area (Å²) in [6, 6.07) is 27.0. The number of aromatic nitrogens is 1. The van der Waals surface area contributed by atoms with E-state index in [1.165, 1.54) is 0 Å². The van der Waals surface area contributed by atoms with Gasteiger partial charge in [-0.25, -0.2) is 14.6 Å². The molecule has 0 amide bonds. The summed E-state index contributed by atoms with van der Waals surface area (Å²) in [5, 5.41) is 1.14. The fourth-order valence-corrected chi connectivity index (χ4v) is 4.48. The van der Waals surface area contributed by atoms with Crippen molar-refractivity contribution in [2.75, 3.05) is 20.5 Å². The zero-order valence-electron chi connectivity index (χ0n) is 23.7. The van der Waals surface area contributed by atoms with E-state index in [1.807, 2.05) is 73.7 Å². The molecule has 0 radical (unpaired) electrons. The third-order valence-corrected chi connectivity index (χ3v) is 6.75. The molecule has 1 unspecified atom stereocenters. The van der Waals surface area contributed by atoms with Crippen LogP contribution >= 0.6 is 0 Å². The number of carbonyl (C=O) groups excluding carboxylic acids is 2. The first-order valence-electron chi connectivity index (χ1n) is 13.5. The molecule has 1 atom stereocenters. The lowest BCUT2D eigenvalue weighted by molar-refractivity contribution is -0.0362. The molecule has 5 aromatic rings. The Morgan fingerprint density at radius 3 is 2.38 bits per heavy atom. The number of esters is 2. The molecule has 0 N–H and O–H groups in total. The van der Waals surface area contributed by atoms with Gasteiger partial charge >= 0.3 is 11.9 Å². The average Bonchev–Trinajstić information content (AvgIpc) is 3.02. The van der Waals surface area contributed by atoms with E-state index in [2.05, 4.69) is 0 Å². The van der Waals surface area contributed by atoms with Crippen molar-refractivity contribution in [1.29, 1.82) is 0 Å². The maximum atomic E-state index is 13.8. The lowest BCUT2D eigenvalue weighted by Gasteiger charge is -2.16. The van der Waals surface area contributed by atoms with Crippen LogP contribution in [-0.4, -0.2) is 43.5 Å². The van der Waals surface area contributed by atoms with Crippen molar-refractivity contribution in [3.05, 3.63) is 113 Å². The second-order valence-corrected chi connectivity index (χ2v) is 9.77. The van der Waals surface area contributed by atoms with Crippen molar-refractivity contribution in [2.45, 2.75) is 26.6 Å². The van der Waals surface area contributed by atoms with Gasteiger partial charge in [-0.1, -0.05) is 54.6 Å². The van der Waals surface area contributed by atoms with E-state index in [0.29, 0.717) is 56.6 Å². The number of nitrogens with zero attached hydrogens (tertiary/aromatic N) is 1. The standard InChI is InChI=1S/C34H31NO7/c1-22-18-25(33(36)40-20-24-10-5-4-6-11-24)16-17-29(22)42-34(37)31-26-12-7-8-13-27(26)35-28-14-9-15-30(32(28)31)41-21-39-19-23(2)38-3/h4-18,23H,19-21H2,1-3H3. The Kier molecular flexibility index (Phi) is 9.06. The van der Waals surface area contributed by atoms with Gasteiger partial charge in [0.25, 0.3) is 0 Å². The predicted octanol–water partition coefficient (Wildman–Crippen LogP) is 6.66. The Labute approximate surface area is 243 Å². The van der Waals surface area contributed by atoms with Crippen LogP contribution in [0.2, 0.25) is 0 Å². The number of pyridine rings is 1. The number of hydrogen-bond acceptors (Lipinski definition) is 8. The van der Waals surface area contributed by atoms with Gasteiger partial charge in [-0.15, -0.1) is 0 Å². The molecule has 0 spiro atoms. The van der Waals surface area contributed by atoms with E-state index in [4.69, 9.17) is 28.7 Å². The lowest BCUT2D eigenvalue weighted by Crippen LogP contribution is -2.16. The van der Waals surface area contributed by atoms with Gasteiger partial charge in [0.15, 0.2) is 6.79 Å². The van der Waals surface area contributed by atoms with Crippen LogP contribution in [0, 0.1) is 6.92 Å². The second-order valence-electron chi connectivity index (χ2n) is 9.77. The van der Waals surface area contributed by atoms with Crippen molar-refractivity contribution in [2.24, 2.45) is 0 Å². The number of methoxy groups -OCH3 is 1. The lowest BCUT2D eigenvalue weighted by atomic mass is 10.0. The largest absolute Gasteiger partial charge is 0.467 e. The van der Waals surface area contributed by atoms with E-state index in [-0.39, 0.29) is 19.5 Å². The van der Waals surface area contributed by atoms with Crippen LogP contribution in [0.15, 0.2) is 91.0 Å². The number of aryl methyl sites for hydroxylation is 1. The first-order chi connectivity index (χ1) is 20.4. The summed E-state index contributed by atoms with van der Waals surface area (Å²) in [6.45, 7) is 4.15. The molecule has 0 fully saturated rings. The molecule has 8 heteroatoms. The Hall–Kier alpha value is -4.79. The van der Waals surface area contributed by atoms with Crippen LogP contribution in [0.3, 0.4) is 0 Å². The number of rotatable bonds is 11. The molecular weight excluding hydrogens is 534 g/mol. The third-order valence-electron chi connectivity index (χ3n) is 6.75. The van der Waals surface area contributed by atoms with E-state index in [1.54, 1.807) is 38.3 Å². The van der Waals surface area contributed by atoms with Gasteiger partial charge in [0, 0.05) is 12.5 Å². The molecule has 0 aliphatic heterocycles. The van der Waals surface area contributed by atoms with E-state index in [9.17, 15) is 9.59 Å². The Balaban J connectivity index is 1.41. The molecule has 0 aliphatic carbocycles. The minimum Gasteiger partial charge on any atom is -0.467 e. The van der Waals surface area contributed by atoms with Crippen molar-refractivity contribution in [1.82, 2.24) is 4.98 Å². The molecule has 4 aromatic carbocycles. The Morgan fingerprint density at radius 2 is 1.60 bits per heavy atom. The highest BCUT2D eigenvalue weighted by Gasteiger charge is 2.22. The molecule has 8 nitrogen and oxygen atoms in total. The van der Waals surface area contributed by atoms with Gasteiger partial charge in [-0.3, -0.25) is 0 Å². The zero-order chi connectivity index (χ0) is 29.5. The molecule has 0 saturated carbocycles. The normalized spacial score (nSPS) is 11.8. The maximum absolute atomic E-state index is 13.8. The monoisotopic (exact) mass is 565 g/mol. The summed E-state index contributed by atoms with van der Waals surface area (Å²) < 4.78 is 28.1. The minimum absolute atomic E-state index is 0.0327. The number of benzene rings is 4. The molecule has 5 rings (SSSR count). The highest BCUT2D eigenvalue weighted by atomic mass is 16.7. The average molecular weight is 566 g/mol. The summed E-state index contributed by atoms with van der Waals surface area (Å²) in [5.41, 5.74) is 3.41. The van der Waals surface area contributed by atoms with Gasteiger partial charge in [-0.2, -0.15) is 0 Å². The Bertz CT molecular complexity index is 1720. The van der Waals surface area contributed by atoms with Gasteiger partial charge in [0.05, 0.1) is 40.3 Å². The van der Waals surface area contributed by atoms with Crippen LogP contribution in [0.25, 0.3) is 21.8 Å². The zero-order valence-corrected chi connectivity index (χ0v) is 23.7. The smallest absolute Gasteiger partial charge is 0.345 e. The van der Waals surface area contributed by atoms with Gasteiger partial charge in [0.1, 0.15) is 18.1 Å². The summed E-state index contributed by atoms with van der Waals surface area (Å²) in [5.74, 6) is -0.277. The first kappa shape index (κ1) is 28.7. The summed E-state index contributed by atoms with van der Waals surface area (Å²) in [6.07, 6.45) is -0.0855. The minimum atomic E-state index is -0.578. The summed E-state index contributed by atoms with van der Waals surface area (Å²) in [7, 11) is 1.61. The number of hydrogen-bond donors (Lipinski definition) is 0. The number of para-hydroxylation sites is 1. The van der Waals surface area contributed by atoms with E-state index >= 15 is 0 Å². The van der Waals surface area contributed by atoms with Crippen LogP contribution in [0.1, 0.15) is 38.8 Å². The topological polar surface area (TPSA) is 93.2 Å². The van der Waals surface area contributed by atoms with Crippen LogP contribution in [0.5, 0.6) is 11.5 Å². The number of ether oxygens (including phenoxy) is 5. The molecule has 0 aliphatic rings. The second kappa shape index (κ2) is 13.2. The molecule has 1 aromatic heterocycles. The quantitative estimate of drug-likeness (QED) is 0.0577. The summed E-state index contributed by atoms with van der Waals surface area (Å²) in [4.78, 5) is 31.2. The summed E-state index contributed by atoms with van der Waals surface area (Å²) >= 11 is 0. The van der Waals surface area contributed by atoms with Gasteiger partial charge in [0.2, 0.25) is 0 Å².